The smallest absolute Gasteiger partial charge is 0.462 e. The van der Waals surface area contributed by atoms with E-state index in [1.165, 1.54) is 141 Å². The van der Waals surface area contributed by atoms with Crippen molar-refractivity contribution >= 4 is 39.5 Å². The molecule has 0 spiro atoms. The van der Waals surface area contributed by atoms with Crippen LogP contribution in [0.3, 0.4) is 0 Å². The number of ether oxygens (including phenoxy) is 4. The topological polar surface area (TPSA) is 237 Å². The van der Waals surface area contributed by atoms with Crippen molar-refractivity contribution in [3.05, 3.63) is 0 Å². The number of rotatable bonds is 64. The van der Waals surface area contributed by atoms with E-state index in [1.54, 1.807) is 0 Å². The first-order valence-corrected chi connectivity index (χ1v) is 36.6. The van der Waals surface area contributed by atoms with Crippen LogP contribution in [0.15, 0.2) is 0 Å². The third kappa shape index (κ3) is 58.8. The summed E-state index contributed by atoms with van der Waals surface area (Å²) in [6.07, 6.45) is 42.0. The molecule has 0 aromatic heterocycles. The van der Waals surface area contributed by atoms with Crippen molar-refractivity contribution < 1.29 is 80.2 Å². The number of aliphatic hydroxyl groups is 1. The van der Waals surface area contributed by atoms with Crippen LogP contribution in [0.5, 0.6) is 0 Å². The molecule has 0 heterocycles. The molecule has 2 unspecified atom stereocenters. The molecular weight excluding hydrogens is 1100 g/mol. The Morgan fingerprint density at radius 1 is 0.325 bits per heavy atom. The molecular formula is C64H124O17P2. The van der Waals surface area contributed by atoms with Gasteiger partial charge in [0.15, 0.2) is 12.2 Å². The van der Waals surface area contributed by atoms with E-state index in [4.69, 9.17) is 37.0 Å². The maximum atomic E-state index is 13.0. The minimum atomic E-state index is -4.94. The van der Waals surface area contributed by atoms with Crippen molar-refractivity contribution in [2.24, 2.45) is 5.92 Å². The van der Waals surface area contributed by atoms with Gasteiger partial charge in [0, 0.05) is 25.7 Å². The SMILES string of the molecule is CCCCCCCCCCCCCCCCCC(=O)O[C@H](COC(=O)CCCCCCCCCCCCC(C)C)COP(=O)(O)OC[C@@H](O)COP(=O)(O)OC[C@@H](COC(=O)CCCCCCC)OC(=O)CCCCCCCCCCCC. The van der Waals surface area contributed by atoms with Crippen molar-refractivity contribution in [1.29, 1.82) is 0 Å². The Labute approximate surface area is 505 Å². The highest BCUT2D eigenvalue weighted by molar-refractivity contribution is 7.47. The molecule has 0 aromatic rings. The van der Waals surface area contributed by atoms with Gasteiger partial charge in [0.05, 0.1) is 26.4 Å². The van der Waals surface area contributed by atoms with Crippen LogP contribution in [0, 0.1) is 5.92 Å². The Morgan fingerprint density at radius 2 is 0.554 bits per heavy atom. The zero-order valence-electron chi connectivity index (χ0n) is 53.3. The van der Waals surface area contributed by atoms with E-state index < -0.39 is 97.5 Å². The first kappa shape index (κ1) is 81.1. The average Bonchev–Trinajstić information content (AvgIpc) is 3.46. The van der Waals surface area contributed by atoms with Crippen LogP contribution in [0.1, 0.15) is 324 Å². The van der Waals surface area contributed by atoms with Gasteiger partial charge in [0.2, 0.25) is 0 Å². The second-order valence-electron chi connectivity index (χ2n) is 23.6. The van der Waals surface area contributed by atoms with Crippen LogP contribution in [-0.4, -0.2) is 96.7 Å². The molecule has 492 valence electrons. The normalized spacial score (nSPS) is 14.2. The summed E-state index contributed by atoms with van der Waals surface area (Å²) in [7, 11) is -9.88. The number of carbonyl (C=O) groups is 4. The van der Waals surface area contributed by atoms with Gasteiger partial charge in [-0.1, -0.05) is 272 Å². The van der Waals surface area contributed by atoms with Gasteiger partial charge in [-0.2, -0.15) is 0 Å². The fraction of sp³-hybridized carbons (Fsp3) is 0.938. The maximum absolute atomic E-state index is 13.0. The van der Waals surface area contributed by atoms with Gasteiger partial charge in [0.1, 0.15) is 19.3 Å². The van der Waals surface area contributed by atoms with Crippen LogP contribution in [-0.2, 0) is 65.4 Å². The van der Waals surface area contributed by atoms with E-state index >= 15 is 0 Å². The first-order valence-electron chi connectivity index (χ1n) is 33.6. The number of phosphoric ester groups is 2. The molecule has 0 saturated carbocycles. The molecule has 0 saturated heterocycles. The predicted molar refractivity (Wildman–Crippen MR) is 331 cm³/mol. The highest BCUT2D eigenvalue weighted by Crippen LogP contribution is 2.45. The van der Waals surface area contributed by atoms with Gasteiger partial charge in [-0.3, -0.25) is 37.3 Å². The second-order valence-corrected chi connectivity index (χ2v) is 26.5. The number of carbonyl (C=O) groups excluding carboxylic acids is 4. The van der Waals surface area contributed by atoms with Crippen molar-refractivity contribution in [2.45, 2.75) is 342 Å². The molecule has 0 aliphatic rings. The Hall–Kier alpha value is -1.94. The van der Waals surface area contributed by atoms with Crippen molar-refractivity contribution in [2.75, 3.05) is 39.6 Å². The predicted octanol–water partition coefficient (Wildman–Crippen LogP) is 17.8. The van der Waals surface area contributed by atoms with Crippen LogP contribution in [0.25, 0.3) is 0 Å². The van der Waals surface area contributed by atoms with E-state index in [1.807, 2.05) is 0 Å². The number of aliphatic hydroxyl groups excluding tert-OH is 1. The summed E-state index contributed by atoms with van der Waals surface area (Å²) < 4.78 is 67.8. The summed E-state index contributed by atoms with van der Waals surface area (Å²) >= 11 is 0. The quantitative estimate of drug-likeness (QED) is 0.0222. The first-order chi connectivity index (χ1) is 40.0. The molecule has 0 fully saturated rings. The summed E-state index contributed by atoms with van der Waals surface area (Å²) in [4.78, 5) is 72.0. The summed E-state index contributed by atoms with van der Waals surface area (Å²) in [5.41, 5.74) is 0. The van der Waals surface area contributed by atoms with Crippen LogP contribution in [0.4, 0.5) is 0 Å². The van der Waals surface area contributed by atoms with Crippen LogP contribution < -0.4 is 0 Å². The third-order valence-corrected chi connectivity index (χ3v) is 16.7. The summed E-state index contributed by atoms with van der Waals surface area (Å²) in [5, 5.41) is 10.5. The molecule has 0 bridgehead atoms. The minimum Gasteiger partial charge on any atom is -0.462 e. The summed E-state index contributed by atoms with van der Waals surface area (Å²) in [6.45, 7) is 7.10. The lowest BCUT2D eigenvalue weighted by atomic mass is 10.0. The lowest BCUT2D eigenvalue weighted by molar-refractivity contribution is -0.161. The molecule has 0 aromatic carbocycles. The molecule has 5 atom stereocenters. The molecule has 0 radical (unpaired) electrons. The molecule has 17 nitrogen and oxygen atoms in total. The van der Waals surface area contributed by atoms with Crippen molar-refractivity contribution in [3.8, 4) is 0 Å². The molecule has 0 aliphatic carbocycles. The highest BCUT2D eigenvalue weighted by Gasteiger charge is 2.30. The molecule has 0 aliphatic heterocycles. The number of phosphoric acid groups is 2. The zero-order chi connectivity index (χ0) is 61.3. The van der Waals surface area contributed by atoms with Crippen LogP contribution in [0.2, 0.25) is 0 Å². The number of unbranched alkanes of at least 4 members (excludes halogenated alkanes) is 36. The Kier molecular flexibility index (Phi) is 56.4. The van der Waals surface area contributed by atoms with Gasteiger partial charge in [-0.25, -0.2) is 9.13 Å². The highest BCUT2D eigenvalue weighted by atomic mass is 31.2. The maximum Gasteiger partial charge on any atom is 0.472 e. The monoisotopic (exact) mass is 1230 g/mol. The number of hydrogen-bond acceptors (Lipinski definition) is 15. The summed E-state index contributed by atoms with van der Waals surface area (Å²) in [5.74, 6) is -1.38. The molecule has 83 heavy (non-hydrogen) atoms. The van der Waals surface area contributed by atoms with Crippen LogP contribution >= 0.6 is 15.6 Å². The van der Waals surface area contributed by atoms with E-state index in [9.17, 15) is 43.2 Å². The Balaban J connectivity index is 5.17. The fourth-order valence-corrected chi connectivity index (χ4v) is 11.2. The second kappa shape index (κ2) is 57.8. The van der Waals surface area contributed by atoms with Gasteiger partial charge in [-0.05, 0) is 31.6 Å². The van der Waals surface area contributed by atoms with Gasteiger partial charge < -0.3 is 33.8 Å². The van der Waals surface area contributed by atoms with Crippen molar-refractivity contribution in [3.63, 3.8) is 0 Å². The van der Waals surface area contributed by atoms with E-state index in [0.717, 1.165) is 102 Å². The van der Waals surface area contributed by atoms with Gasteiger partial charge >= 0.3 is 39.5 Å². The Bertz CT molecular complexity index is 1620. The molecule has 3 N–H and O–H groups in total. The molecule has 0 rings (SSSR count). The van der Waals surface area contributed by atoms with E-state index in [2.05, 4.69) is 34.6 Å². The number of hydrogen-bond donors (Lipinski definition) is 3. The van der Waals surface area contributed by atoms with E-state index in [-0.39, 0.29) is 25.7 Å². The zero-order valence-corrected chi connectivity index (χ0v) is 55.1. The molecule has 19 heteroatoms. The minimum absolute atomic E-state index is 0.106. The lowest BCUT2D eigenvalue weighted by Gasteiger charge is -2.21. The number of esters is 4. The Morgan fingerprint density at radius 3 is 0.819 bits per heavy atom. The largest absolute Gasteiger partial charge is 0.472 e. The fourth-order valence-electron chi connectivity index (χ4n) is 9.58. The summed E-state index contributed by atoms with van der Waals surface area (Å²) in [6, 6.07) is 0. The van der Waals surface area contributed by atoms with E-state index in [0.29, 0.717) is 25.7 Å². The van der Waals surface area contributed by atoms with Gasteiger partial charge in [-0.15, -0.1) is 0 Å². The van der Waals surface area contributed by atoms with Gasteiger partial charge in [0.25, 0.3) is 0 Å². The standard InChI is InChI=1S/C64H124O17P2/c1-6-9-12-15-17-19-21-22-23-24-25-31-35-40-45-50-64(69)81-60(54-75-62(67)48-43-38-33-30-27-26-28-32-37-41-46-57(4)5)56-79-83(72,73)77-52-58(65)51-76-82(70,71)78-55-59(53-74-61(66)47-42-36-14-11-8-3)80-63(68)49-44-39-34-29-20-18-16-13-10-7-2/h57-60,65H,6-56H2,1-5H3,(H,70,71)(H,72,73)/t58-,59+,60+/m0/s1. The molecule has 0 amide bonds. The average molecular weight is 1230 g/mol. The van der Waals surface area contributed by atoms with Crippen molar-refractivity contribution in [1.82, 2.24) is 0 Å². The lowest BCUT2D eigenvalue weighted by Crippen LogP contribution is -2.30. The third-order valence-electron chi connectivity index (χ3n) is 14.8.